The van der Waals surface area contributed by atoms with Gasteiger partial charge in [-0.1, -0.05) is 66.7 Å². The summed E-state index contributed by atoms with van der Waals surface area (Å²) in [5.41, 5.74) is 3.11. The maximum absolute atomic E-state index is 13.0. The summed E-state index contributed by atoms with van der Waals surface area (Å²) in [6.45, 7) is 0.567. The number of rotatable bonds is 8. The minimum Gasteiger partial charge on any atom is -0.354 e. The van der Waals surface area contributed by atoms with Crippen LogP contribution in [0.25, 0.3) is 5.69 Å². The van der Waals surface area contributed by atoms with Crippen LogP contribution in [-0.2, 0) is 11.2 Å². The van der Waals surface area contributed by atoms with Crippen LogP contribution in [-0.4, -0.2) is 22.2 Å². The summed E-state index contributed by atoms with van der Waals surface area (Å²) in [4.78, 5) is 14.1. The number of carbonyl (C=O) groups is 1. The third-order valence-corrected chi connectivity index (χ3v) is 5.97. The molecule has 0 fully saturated rings. The quantitative estimate of drug-likeness (QED) is 0.411. The van der Waals surface area contributed by atoms with Gasteiger partial charge in [0, 0.05) is 17.6 Å². The van der Waals surface area contributed by atoms with E-state index in [0.29, 0.717) is 6.54 Å². The van der Waals surface area contributed by atoms with E-state index >= 15 is 0 Å². The van der Waals surface area contributed by atoms with Crippen molar-refractivity contribution in [3.8, 4) is 5.69 Å². The van der Waals surface area contributed by atoms with Crippen molar-refractivity contribution in [1.82, 2.24) is 15.1 Å². The Hall–Kier alpha value is -3.31. The molecule has 0 bridgehead atoms. The molecule has 1 heterocycles. The first-order valence-electron chi connectivity index (χ1n) is 9.93. The van der Waals surface area contributed by atoms with Gasteiger partial charge in [0.1, 0.15) is 5.25 Å². The van der Waals surface area contributed by atoms with Gasteiger partial charge >= 0.3 is 0 Å². The minimum absolute atomic E-state index is 0.0190. The van der Waals surface area contributed by atoms with E-state index in [4.69, 9.17) is 0 Å². The molecule has 4 nitrogen and oxygen atoms in total. The Bertz CT molecular complexity index is 1070. The number of hydrogen-bond donors (Lipinski definition) is 1. The van der Waals surface area contributed by atoms with Crippen molar-refractivity contribution in [3.63, 3.8) is 0 Å². The van der Waals surface area contributed by atoms with E-state index < -0.39 is 0 Å². The monoisotopic (exact) mass is 413 g/mol. The zero-order valence-corrected chi connectivity index (χ0v) is 17.3. The van der Waals surface area contributed by atoms with Crippen molar-refractivity contribution < 1.29 is 4.79 Å². The molecule has 1 unspecified atom stereocenters. The van der Waals surface area contributed by atoms with Gasteiger partial charge in [0.25, 0.3) is 0 Å². The maximum atomic E-state index is 13.0. The Morgan fingerprint density at radius 1 is 0.900 bits per heavy atom. The molecule has 1 aromatic heterocycles. The number of nitrogens with zero attached hydrogens (tertiary/aromatic N) is 2. The maximum Gasteiger partial charge on any atom is 0.238 e. The molecule has 0 saturated carbocycles. The molecule has 1 amide bonds. The van der Waals surface area contributed by atoms with Gasteiger partial charge in [0.2, 0.25) is 5.91 Å². The molecule has 1 N–H and O–H groups in total. The number of amides is 1. The molecule has 0 radical (unpaired) electrons. The number of thioether (sulfide) groups is 1. The molecule has 3 aromatic carbocycles. The van der Waals surface area contributed by atoms with Crippen molar-refractivity contribution in [3.05, 3.63) is 115 Å². The lowest BCUT2D eigenvalue weighted by molar-refractivity contribution is -0.120. The highest BCUT2D eigenvalue weighted by molar-refractivity contribution is 8.00. The molecular formula is C25H23N3OS. The first-order valence-corrected chi connectivity index (χ1v) is 10.8. The predicted octanol–water partition coefficient (Wildman–Crippen LogP) is 5.06. The topological polar surface area (TPSA) is 46.9 Å². The summed E-state index contributed by atoms with van der Waals surface area (Å²) in [7, 11) is 0. The Balaban J connectivity index is 1.39. The van der Waals surface area contributed by atoms with Gasteiger partial charge in [-0.3, -0.25) is 4.79 Å². The number of nitrogens with one attached hydrogen (secondary N) is 1. The Morgan fingerprint density at radius 2 is 1.53 bits per heavy atom. The Kier molecular flexibility index (Phi) is 6.62. The fourth-order valence-corrected chi connectivity index (χ4v) is 4.24. The van der Waals surface area contributed by atoms with Crippen LogP contribution < -0.4 is 5.32 Å². The van der Waals surface area contributed by atoms with Gasteiger partial charge in [-0.15, -0.1) is 11.8 Å². The van der Waals surface area contributed by atoms with E-state index in [1.165, 1.54) is 0 Å². The van der Waals surface area contributed by atoms with Crippen molar-refractivity contribution in [1.29, 1.82) is 0 Å². The van der Waals surface area contributed by atoms with E-state index in [2.05, 4.69) is 10.4 Å². The fourth-order valence-electron chi connectivity index (χ4n) is 3.17. The van der Waals surface area contributed by atoms with Crippen molar-refractivity contribution in [2.75, 3.05) is 6.54 Å². The average Bonchev–Trinajstić information content (AvgIpc) is 3.28. The second-order valence-electron chi connectivity index (χ2n) is 6.89. The second-order valence-corrected chi connectivity index (χ2v) is 8.07. The number of carbonyl (C=O) groups excluding carboxylic acids is 1. The number of hydrogen-bond acceptors (Lipinski definition) is 3. The van der Waals surface area contributed by atoms with Crippen LogP contribution in [0, 0.1) is 0 Å². The summed E-state index contributed by atoms with van der Waals surface area (Å²) >= 11 is 1.57. The second kappa shape index (κ2) is 9.94. The molecule has 4 rings (SSSR count). The van der Waals surface area contributed by atoms with Gasteiger partial charge in [0.05, 0.1) is 11.9 Å². The number of benzene rings is 3. The van der Waals surface area contributed by atoms with E-state index in [1.807, 2.05) is 108 Å². The van der Waals surface area contributed by atoms with Gasteiger partial charge in [-0.2, -0.15) is 5.10 Å². The normalized spacial score (nSPS) is 11.7. The lowest BCUT2D eigenvalue weighted by Crippen LogP contribution is -2.29. The van der Waals surface area contributed by atoms with Crippen LogP contribution in [0.2, 0.25) is 0 Å². The lowest BCUT2D eigenvalue weighted by atomic mass is 10.1. The standard InChI is InChI=1S/C25H23N3OS/c29-25(24(21-10-4-1-5-11-21)30-23-14-8-3-9-15-23)26-17-16-20-18-27-28(19-20)22-12-6-2-7-13-22/h1-15,18-19,24H,16-17H2,(H,26,29). The lowest BCUT2D eigenvalue weighted by Gasteiger charge is -2.17. The van der Waals surface area contributed by atoms with Crippen LogP contribution in [0.1, 0.15) is 16.4 Å². The van der Waals surface area contributed by atoms with Crippen LogP contribution in [0.15, 0.2) is 108 Å². The summed E-state index contributed by atoms with van der Waals surface area (Å²) in [6, 6.07) is 30.0. The third-order valence-electron chi connectivity index (χ3n) is 4.71. The summed E-state index contributed by atoms with van der Waals surface area (Å²) in [6.07, 6.45) is 4.59. The first-order chi connectivity index (χ1) is 14.8. The molecule has 1 atom stereocenters. The average molecular weight is 414 g/mol. The molecule has 150 valence electrons. The molecule has 0 aliphatic rings. The van der Waals surface area contributed by atoms with E-state index in [0.717, 1.165) is 28.1 Å². The third kappa shape index (κ3) is 5.19. The van der Waals surface area contributed by atoms with Gasteiger partial charge in [0.15, 0.2) is 0 Å². The first kappa shape index (κ1) is 20.0. The molecule has 0 aliphatic heterocycles. The predicted molar refractivity (Wildman–Crippen MR) is 122 cm³/mol. The number of para-hydroxylation sites is 1. The smallest absolute Gasteiger partial charge is 0.238 e. The van der Waals surface area contributed by atoms with Gasteiger partial charge < -0.3 is 5.32 Å². The van der Waals surface area contributed by atoms with Crippen LogP contribution in [0.3, 0.4) is 0 Å². The molecule has 30 heavy (non-hydrogen) atoms. The van der Waals surface area contributed by atoms with Crippen molar-refractivity contribution >= 4 is 17.7 Å². The molecule has 5 heteroatoms. The van der Waals surface area contributed by atoms with Crippen LogP contribution in [0.5, 0.6) is 0 Å². The Morgan fingerprint density at radius 3 is 2.23 bits per heavy atom. The van der Waals surface area contributed by atoms with Gasteiger partial charge in [-0.05, 0) is 41.8 Å². The fraction of sp³-hybridized carbons (Fsp3) is 0.120. The largest absolute Gasteiger partial charge is 0.354 e. The molecule has 0 spiro atoms. The zero-order chi connectivity index (χ0) is 20.6. The number of aromatic nitrogens is 2. The molecule has 0 saturated heterocycles. The molecule has 4 aromatic rings. The van der Waals surface area contributed by atoms with E-state index in [9.17, 15) is 4.79 Å². The summed E-state index contributed by atoms with van der Waals surface area (Å²) < 4.78 is 1.86. The van der Waals surface area contributed by atoms with Crippen LogP contribution >= 0.6 is 11.8 Å². The van der Waals surface area contributed by atoms with E-state index in [1.54, 1.807) is 11.8 Å². The highest BCUT2D eigenvalue weighted by atomic mass is 32.2. The molecule has 0 aliphatic carbocycles. The minimum atomic E-state index is -0.291. The van der Waals surface area contributed by atoms with Crippen molar-refractivity contribution in [2.24, 2.45) is 0 Å². The highest BCUT2D eigenvalue weighted by Gasteiger charge is 2.21. The van der Waals surface area contributed by atoms with Gasteiger partial charge in [-0.25, -0.2) is 4.68 Å². The molecular weight excluding hydrogens is 390 g/mol. The zero-order valence-electron chi connectivity index (χ0n) is 16.5. The van der Waals surface area contributed by atoms with Crippen molar-refractivity contribution in [2.45, 2.75) is 16.6 Å². The van der Waals surface area contributed by atoms with E-state index in [-0.39, 0.29) is 11.2 Å². The SMILES string of the molecule is O=C(NCCc1cnn(-c2ccccc2)c1)C(Sc1ccccc1)c1ccccc1. The summed E-state index contributed by atoms with van der Waals surface area (Å²) in [5, 5.41) is 7.23. The summed E-state index contributed by atoms with van der Waals surface area (Å²) in [5.74, 6) is 0.0190. The highest BCUT2D eigenvalue weighted by Crippen LogP contribution is 2.35. The van der Waals surface area contributed by atoms with Crippen LogP contribution in [0.4, 0.5) is 0 Å². The Labute approximate surface area is 181 Å².